The van der Waals surface area contributed by atoms with Crippen molar-refractivity contribution < 1.29 is 17.9 Å². The molecule has 8 heteroatoms. The Morgan fingerprint density at radius 3 is 2.17 bits per heavy atom. The molecule has 0 radical (unpaired) electrons. The van der Waals surface area contributed by atoms with Crippen molar-refractivity contribution in [1.29, 1.82) is 0 Å². The zero-order valence-corrected chi connectivity index (χ0v) is 15.0. The molecule has 0 unspecified atom stereocenters. The van der Waals surface area contributed by atoms with Crippen LogP contribution in [0.15, 0.2) is 35.2 Å². The fourth-order valence-corrected chi connectivity index (χ4v) is 3.45. The molecule has 0 aromatic heterocycles. The number of anilines is 1. The summed E-state index contributed by atoms with van der Waals surface area (Å²) in [4.78, 5) is 0.0454. The number of hydrogen-bond donors (Lipinski definition) is 1. The van der Waals surface area contributed by atoms with Crippen LogP contribution in [-0.4, -0.2) is 22.6 Å². The van der Waals surface area contributed by atoms with Gasteiger partial charge in [-0.15, -0.1) is 0 Å². The van der Waals surface area contributed by atoms with Crippen molar-refractivity contribution in [3.63, 3.8) is 0 Å². The highest BCUT2D eigenvalue weighted by atomic mass is 35.5. The molecule has 0 aliphatic carbocycles. The average Bonchev–Trinajstić information content (AvgIpc) is 2.50. The number of sulfonamides is 1. The minimum atomic E-state index is -3.84. The van der Waals surface area contributed by atoms with Gasteiger partial charge >= 0.3 is 0 Å². The van der Waals surface area contributed by atoms with E-state index in [0.717, 1.165) is 5.56 Å². The van der Waals surface area contributed by atoms with Crippen LogP contribution in [0.1, 0.15) is 5.56 Å². The topological polar surface area (TPSA) is 64.6 Å². The Bertz CT molecular complexity index is 838. The van der Waals surface area contributed by atoms with Crippen LogP contribution in [0.5, 0.6) is 11.5 Å². The highest BCUT2D eigenvalue weighted by Gasteiger charge is 2.19. The number of methoxy groups -OCH3 is 2. The van der Waals surface area contributed by atoms with Crippen molar-refractivity contribution in [3.8, 4) is 11.5 Å². The van der Waals surface area contributed by atoms with E-state index in [1.54, 1.807) is 13.0 Å². The molecule has 0 aliphatic heterocycles. The number of ether oxygens (including phenoxy) is 2. The molecule has 0 heterocycles. The second-order valence-corrected chi connectivity index (χ2v) is 7.20. The molecule has 0 atom stereocenters. The van der Waals surface area contributed by atoms with Gasteiger partial charge in [-0.2, -0.15) is 0 Å². The van der Waals surface area contributed by atoms with Crippen molar-refractivity contribution >= 4 is 38.9 Å². The number of nitrogens with one attached hydrogen (secondary N) is 1. The van der Waals surface area contributed by atoms with Gasteiger partial charge in [0.25, 0.3) is 10.0 Å². The second kappa shape index (κ2) is 6.86. The maximum atomic E-state index is 12.5. The first-order valence-corrected chi connectivity index (χ1v) is 8.73. The lowest BCUT2D eigenvalue weighted by atomic mass is 10.2. The van der Waals surface area contributed by atoms with E-state index in [4.69, 9.17) is 32.7 Å². The molecule has 0 fully saturated rings. The number of hydrogen-bond acceptors (Lipinski definition) is 4. The Kier molecular flexibility index (Phi) is 5.29. The minimum absolute atomic E-state index is 0.0454. The molecular weight excluding hydrogens is 361 g/mol. The number of rotatable bonds is 5. The zero-order valence-electron chi connectivity index (χ0n) is 12.7. The van der Waals surface area contributed by atoms with Gasteiger partial charge in [0.1, 0.15) is 11.5 Å². The van der Waals surface area contributed by atoms with Gasteiger partial charge in [0.2, 0.25) is 0 Å². The van der Waals surface area contributed by atoms with Gasteiger partial charge in [-0.05, 0) is 24.6 Å². The van der Waals surface area contributed by atoms with E-state index < -0.39 is 10.0 Å². The summed E-state index contributed by atoms with van der Waals surface area (Å²) in [6, 6.07) is 7.42. The predicted octanol–water partition coefficient (Wildman–Crippen LogP) is 4.12. The number of benzene rings is 2. The van der Waals surface area contributed by atoms with Crippen molar-refractivity contribution in [3.05, 3.63) is 45.9 Å². The van der Waals surface area contributed by atoms with E-state index >= 15 is 0 Å². The van der Waals surface area contributed by atoms with Gasteiger partial charge in [0.15, 0.2) is 0 Å². The SMILES string of the molecule is COc1cc(NS(=O)(=O)c2ccc(C)c(Cl)c2)c(OC)cc1Cl. The van der Waals surface area contributed by atoms with Crippen LogP contribution in [0.2, 0.25) is 10.0 Å². The van der Waals surface area contributed by atoms with E-state index in [1.807, 2.05) is 0 Å². The predicted molar refractivity (Wildman–Crippen MR) is 91.6 cm³/mol. The van der Waals surface area contributed by atoms with Gasteiger partial charge in [0, 0.05) is 17.2 Å². The van der Waals surface area contributed by atoms with Crippen LogP contribution in [0.4, 0.5) is 5.69 Å². The largest absolute Gasteiger partial charge is 0.495 e. The Morgan fingerprint density at radius 1 is 0.957 bits per heavy atom. The first-order chi connectivity index (χ1) is 10.8. The molecule has 0 saturated heterocycles. The summed E-state index contributed by atoms with van der Waals surface area (Å²) in [5, 5.41) is 0.680. The average molecular weight is 376 g/mol. The Morgan fingerprint density at radius 2 is 1.61 bits per heavy atom. The molecule has 1 N–H and O–H groups in total. The van der Waals surface area contributed by atoms with E-state index in [-0.39, 0.29) is 16.3 Å². The maximum absolute atomic E-state index is 12.5. The molecule has 5 nitrogen and oxygen atoms in total. The molecule has 0 saturated carbocycles. The van der Waals surface area contributed by atoms with Crippen molar-refractivity contribution in [2.75, 3.05) is 18.9 Å². The Labute approximate surface area is 145 Å². The van der Waals surface area contributed by atoms with Crippen molar-refractivity contribution in [2.24, 2.45) is 0 Å². The Balaban J connectivity index is 2.46. The lowest BCUT2D eigenvalue weighted by Gasteiger charge is -2.14. The van der Waals surface area contributed by atoms with Crippen molar-refractivity contribution in [2.45, 2.75) is 11.8 Å². The van der Waals surface area contributed by atoms with Gasteiger partial charge in [-0.25, -0.2) is 8.42 Å². The molecular formula is C15H15Cl2NO4S. The van der Waals surface area contributed by atoms with Crippen LogP contribution in [-0.2, 0) is 10.0 Å². The first kappa shape index (κ1) is 17.7. The summed E-state index contributed by atoms with van der Waals surface area (Å²) >= 11 is 12.0. The summed E-state index contributed by atoms with van der Waals surface area (Å²) in [6.45, 7) is 1.79. The smallest absolute Gasteiger partial charge is 0.262 e. The normalized spacial score (nSPS) is 11.2. The summed E-state index contributed by atoms with van der Waals surface area (Å²) in [6.07, 6.45) is 0. The lowest BCUT2D eigenvalue weighted by Crippen LogP contribution is -2.14. The van der Waals surface area contributed by atoms with Crippen LogP contribution in [0.3, 0.4) is 0 Å². The third-order valence-corrected chi connectivity index (χ3v) is 5.24. The van der Waals surface area contributed by atoms with Crippen LogP contribution in [0.25, 0.3) is 0 Å². The quantitative estimate of drug-likeness (QED) is 0.853. The molecule has 0 spiro atoms. The summed E-state index contributed by atoms with van der Waals surface area (Å²) < 4.78 is 37.7. The standard InChI is InChI=1S/C15H15Cl2NO4S/c1-9-4-5-10(6-11(9)16)23(19,20)18-13-8-14(21-2)12(17)7-15(13)22-3/h4-8,18H,1-3H3. The highest BCUT2D eigenvalue weighted by Crippen LogP contribution is 2.37. The van der Waals surface area contributed by atoms with E-state index in [0.29, 0.717) is 15.8 Å². The lowest BCUT2D eigenvalue weighted by molar-refractivity contribution is 0.405. The molecule has 0 aliphatic rings. The number of aryl methyl sites for hydroxylation is 1. The first-order valence-electron chi connectivity index (χ1n) is 6.49. The molecule has 2 aromatic carbocycles. The Hall–Kier alpha value is -1.63. The molecule has 0 bridgehead atoms. The van der Waals surface area contributed by atoms with Gasteiger partial charge < -0.3 is 9.47 Å². The highest BCUT2D eigenvalue weighted by molar-refractivity contribution is 7.92. The fraction of sp³-hybridized carbons (Fsp3) is 0.200. The van der Waals surface area contributed by atoms with Crippen LogP contribution >= 0.6 is 23.2 Å². The van der Waals surface area contributed by atoms with Crippen LogP contribution < -0.4 is 14.2 Å². The molecule has 2 aromatic rings. The maximum Gasteiger partial charge on any atom is 0.262 e. The third-order valence-electron chi connectivity index (χ3n) is 3.17. The minimum Gasteiger partial charge on any atom is -0.495 e. The molecule has 23 heavy (non-hydrogen) atoms. The molecule has 2 rings (SSSR count). The summed E-state index contributed by atoms with van der Waals surface area (Å²) in [5.41, 5.74) is 1.00. The van der Waals surface area contributed by atoms with E-state index in [9.17, 15) is 8.42 Å². The van der Waals surface area contributed by atoms with E-state index in [2.05, 4.69) is 4.72 Å². The summed E-state index contributed by atoms with van der Waals surface area (Å²) in [5.74, 6) is 0.602. The monoisotopic (exact) mass is 375 g/mol. The van der Waals surface area contributed by atoms with Gasteiger partial charge in [-0.3, -0.25) is 4.72 Å². The number of halogens is 2. The van der Waals surface area contributed by atoms with Gasteiger partial charge in [0.05, 0.1) is 29.8 Å². The summed E-state index contributed by atoms with van der Waals surface area (Å²) in [7, 11) is -0.985. The molecule has 124 valence electrons. The second-order valence-electron chi connectivity index (χ2n) is 4.70. The third kappa shape index (κ3) is 3.83. The van der Waals surface area contributed by atoms with Crippen molar-refractivity contribution in [1.82, 2.24) is 0 Å². The van der Waals surface area contributed by atoms with E-state index in [1.165, 1.54) is 38.5 Å². The van der Waals surface area contributed by atoms with Gasteiger partial charge in [-0.1, -0.05) is 29.3 Å². The fourth-order valence-electron chi connectivity index (χ4n) is 1.88. The molecule has 0 amide bonds. The van der Waals surface area contributed by atoms with Crippen LogP contribution in [0, 0.1) is 6.92 Å². The zero-order chi connectivity index (χ0) is 17.2.